The highest BCUT2D eigenvalue weighted by Gasteiger charge is 2.13. The van der Waals surface area contributed by atoms with E-state index in [1.165, 1.54) is 25.3 Å². The van der Waals surface area contributed by atoms with Crippen LogP contribution in [0.4, 0.5) is 0 Å². The van der Waals surface area contributed by atoms with Gasteiger partial charge in [0.15, 0.2) is 0 Å². The van der Waals surface area contributed by atoms with Crippen LogP contribution < -0.4 is 0 Å². The van der Waals surface area contributed by atoms with Gasteiger partial charge in [0.05, 0.1) is 8.80 Å². The Morgan fingerprint density at radius 1 is 1.13 bits per heavy atom. The molecule has 3 heteroatoms. The van der Waals surface area contributed by atoms with Gasteiger partial charge in [0.2, 0.25) is 0 Å². The second kappa shape index (κ2) is 9.61. The van der Waals surface area contributed by atoms with Gasteiger partial charge >= 0.3 is 0 Å². The van der Waals surface area contributed by atoms with E-state index in [9.17, 15) is 0 Å². The molecule has 0 radical (unpaired) electrons. The molecule has 0 aliphatic rings. The van der Waals surface area contributed by atoms with Crippen LogP contribution in [0.25, 0.3) is 0 Å². The average Bonchev–Trinajstić information content (AvgIpc) is 2.17. The summed E-state index contributed by atoms with van der Waals surface area (Å²) in [7, 11) is -0.995. The molecule has 0 N–H and O–H groups in total. The molecule has 15 heavy (non-hydrogen) atoms. The first-order chi connectivity index (χ1) is 7.07. The zero-order valence-corrected chi connectivity index (χ0v) is 13.7. The fourth-order valence-electron chi connectivity index (χ4n) is 1.65. The van der Waals surface area contributed by atoms with Crippen LogP contribution >= 0.6 is 0 Å². The Morgan fingerprint density at radius 3 is 2.33 bits per heavy atom. The van der Waals surface area contributed by atoms with E-state index in [1.807, 2.05) is 0 Å². The molecule has 92 valence electrons. The molecule has 0 heterocycles. The molecule has 0 aliphatic heterocycles. The van der Waals surface area contributed by atoms with Gasteiger partial charge < -0.3 is 4.74 Å². The SMILES string of the molecule is CCCCC[SiH](C)C(C)COC[SiH](C)C. The number of rotatable bonds is 9. The quantitative estimate of drug-likeness (QED) is 0.447. The molecule has 0 aromatic rings. The standard InChI is InChI=1S/C12H30OSi2/c1-6-7-8-9-15(5)12(2)10-13-11-14(3)4/h12,14-15H,6-11H2,1-5H3. The van der Waals surface area contributed by atoms with Gasteiger partial charge in [-0.15, -0.1) is 0 Å². The van der Waals surface area contributed by atoms with Crippen LogP contribution in [0.1, 0.15) is 33.1 Å². The fraction of sp³-hybridized carbons (Fsp3) is 1.00. The summed E-state index contributed by atoms with van der Waals surface area (Å²) in [4.78, 5) is 0. The summed E-state index contributed by atoms with van der Waals surface area (Å²) >= 11 is 0. The monoisotopic (exact) mass is 246 g/mol. The van der Waals surface area contributed by atoms with Crippen LogP contribution in [-0.4, -0.2) is 30.4 Å². The first-order valence-electron chi connectivity index (χ1n) is 6.65. The van der Waals surface area contributed by atoms with E-state index in [1.54, 1.807) is 0 Å². The Labute approximate surface area is 99.8 Å². The lowest BCUT2D eigenvalue weighted by Crippen LogP contribution is -2.21. The first-order valence-corrected chi connectivity index (χ1v) is 12.4. The van der Waals surface area contributed by atoms with Gasteiger partial charge in [-0.1, -0.05) is 58.8 Å². The van der Waals surface area contributed by atoms with E-state index in [-0.39, 0.29) is 0 Å². The number of ether oxygens (including phenoxy) is 1. The molecular weight excluding hydrogens is 216 g/mol. The fourth-order valence-corrected chi connectivity index (χ4v) is 4.23. The van der Waals surface area contributed by atoms with E-state index in [0.717, 1.165) is 18.4 Å². The smallest absolute Gasteiger partial charge is 0.0616 e. The molecule has 2 unspecified atom stereocenters. The van der Waals surface area contributed by atoms with Gasteiger partial charge in [0.25, 0.3) is 0 Å². The first kappa shape index (κ1) is 15.4. The molecule has 0 aliphatic carbocycles. The molecule has 0 rings (SSSR count). The molecule has 0 amide bonds. The maximum Gasteiger partial charge on any atom is 0.0616 e. The molecule has 0 bridgehead atoms. The molecule has 0 aromatic carbocycles. The Morgan fingerprint density at radius 2 is 1.80 bits per heavy atom. The summed E-state index contributed by atoms with van der Waals surface area (Å²) < 4.78 is 5.78. The molecule has 1 nitrogen and oxygen atoms in total. The lowest BCUT2D eigenvalue weighted by Gasteiger charge is -2.19. The molecular formula is C12H30OSi2. The molecule has 0 saturated heterocycles. The van der Waals surface area contributed by atoms with Crippen molar-refractivity contribution in [1.29, 1.82) is 0 Å². The van der Waals surface area contributed by atoms with Crippen LogP contribution in [-0.2, 0) is 4.74 Å². The summed E-state index contributed by atoms with van der Waals surface area (Å²) in [5.41, 5.74) is 0.870. The highest BCUT2D eigenvalue weighted by Crippen LogP contribution is 2.16. The summed E-state index contributed by atoms with van der Waals surface area (Å²) in [6, 6.07) is 1.51. The number of unbranched alkanes of at least 4 members (excludes halogenated alkanes) is 2. The topological polar surface area (TPSA) is 9.23 Å². The van der Waals surface area contributed by atoms with Crippen LogP contribution in [0.15, 0.2) is 0 Å². The highest BCUT2D eigenvalue weighted by molar-refractivity contribution is 6.59. The van der Waals surface area contributed by atoms with Crippen molar-refractivity contribution < 1.29 is 4.74 Å². The van der Waals surface area contributed by atoms with Gasteiger partial charge in [-0.3, -0.25) is 0 Å². The number of hydrogen-bond donors (Lipinski definition) is 0. The van der Waals surface area contributed by atoms with Crippen LogP contribution in [0.3, 0.4) is 0 Å². The van der Waals surface area contributed by atoms with Crippen molar-refractivity contribution >= 4 is 17.6 Å². The summed E-state index contributed by atoms with van der Waals surface area (Å²) in [5.74, 6) is 0. The largest absolute Gasteiger partial charge is 0.385 e. The zero-order chi connectivity index (χ0) is 11.7. The predicted molar refractivity (Wildman–Crippen MR) is 76.5 cm³/mol. The van der Waals surface area contributed by atoms with Crippen molar-refractivity contribution in [2.45, 2.75) is 64.3 Å². The van der Waals surface area contributed by atoms with Gasteiger partial charge in [0.1, 0.15) is 0 Å². The van der Waals surface area contributed by atoms with Crippen molar-refractivity contribution in [2.75, 3.05) is 12.8 Å². The van der Waals surface area contributed by atoms with E-state index < -0.39 is 17.6 Å². The summed E-state index contributed by atoms with van der Waals surface area (Å²) in [5, 5.41) is 0. The highest BCUT2D eigenvalue weighted by atomic mass is 28.3. The van der Waals surface area contributed by atoms with Gasteiger partial charge in [0, 0.05) is 21.6 Å². The van der Waals surface area contributed by atoms with E-state index in [4.69, 9.17) is 4.74 Å². The Kier molecular flexibility index (Phi) is 9.86. The Hall–Kier alpha value is 0.394. The second-order valence-electron chi connectivity index (χ2n) is 5.38. The van der Waals surface area contributed by atoms with Crippen molar-refractivity contribution in [2.24, 2.45) is 0 Å². The third kappa shape index (κ3) is 9.33. The van der Waals surface area contributed by atoms with Crippen molar-refractivity contribution in [3.05, 3.63) is 0 Å². The van der Waals surface area contributed by atoms with E-state index >= 15 is 0 Å². The molecule has 0 saturated carbocycles. The molecule has 0 aromatic heterocycles. The minimum atomic E-state index is -0.500. The van der Waals surface area contributed by atoms with Crippen molar-refractivity contribution in [3.8, 4) is 0 Å². The predicted octanol–water partition coefficient (Wildman–Crippen LogP) is 3.47. The summed E-state index contributed by atoms with van der Waals surface area (Å²) in [6.07, 6.45) is 5.29. The third-order valence-corrected chi connectivity index (χ3v) is 7.42. The normalized spacial score (nSPS) is 15.6. The van der Waals surface area contributed by atoms with Crippen LogP contribution in [0.2, 0.25) is 31.2 Å². The van der Waals surface area contributed by atoms with E-state index in [2.05, 4.69) is 33.5 Å². The second-order valence-corrected chi connectivity index (χ2v) is 12.2. The summed E-state index contributed by atoms with van der Waals surface area (Å²) in [6.45, 7) is 12.9. The Balaban J connectivity index is 3.46. The Bertz CT molecular complexity index is 140. The minimum absolute atomic E-state index is 0.495. The van der Waals surface area contributed by atoms with Crippen LogP contribution in [0.5, 0.6) is 0 Å². The zero-order valence-electron chi connectivity index (χ0n) is 11.4. The number of hydrogen-bond acceptors (Lipinski definition) is 1. The average molecular weight is 247 g/mol. The van der Waals surface area contributed by atoms with Gasteiger partial charge in [-0.2, -0.15) is 0 Å². The molecule has 2 atom stereocenters. The van der Waals surface area contributed by atoms with Crippen molar-refractivity contribution in [1.82, 2.24) is 0 Å². The lowest BCUT2D eigenvalue weighted by atomic mass is 10.3. The lowest BCUT2D eigenvalue weighted by molar-refractivity contribution is 0.175. The minimum Gasteiger partial charge on any atom is -0.385 e. The maximum atomic E-state index is 5.78. The maximum absolute atomic E-state index is 5.78. The third-order valence-electron chi connectivity index (χ3n) is 3.07. The van der Waals surface area contributed by atoms with Crippen LogP contribution in [0, 0.1) is 0 Å². The van der Waals surface area contributed by atoms with E-state index in [0.29, 0.717) is 0 Å². The van der Waals surface area contributed by atoms with Gasteiger partial charge in [-0.25, -0.2) is 0 Å². The van der Waals surface area contributed by atoms with Crippen molar-refractivity contribution in [3.63, 3.8) is 0 Å². The molecule has 0 fully saturated rings. The van der Waals surface area contributed by atoms with Gasteiger partial charge in [-0.05, 0) is 5.54 Å². The molecule has 0 spiro atoms.